The largest absolute Gasteiger partial charge is 0.325 e. The normalized spacial score (nSPS) is 16.4. The Morgan fingerprint density at radius 3 is 2.48 bits per heavy atom. The molecular weight excluding hydrogens is 301 g/mol. The van der Waals surface area contributed by atoms with Gasteiger partial charge in [-0.05, 0) is 37.5 Å². The van der Waals surface area contributed by atoms with Crippen LogP contribution in [0.2, 0.25) is 0 Å². The summed E-state index contributed by atoms with van der Waals surface area (Å²) in [6.07, 6.45) is 0.886. The molecule has 1 aliphatic rings. The average Bonchev–Trinajstić information content (AvgIpc) is 2.75. The van der Waals surface area contributed by atoms with Crippen molar-refractivity contribution in [3.05, 3.63) is 29.6 Å². The van der Waals surface area contributed by atoms with E-state index in [0.717, 1.165) is 10.5 Å². The summed E-state index contributed by atoms with van der Waals surface area (Å²) in [5.74, 6) is -1.61. The predicted molar refractivity (Wildman–Crippen MR) is 83.3 cm³/mol. The molecule has 0 unspecified atom stereocenters. The maximum Gasteiger partial charge on any atom is 0.325 e. The number of nitrogens with zero attached hydrogens (tertiary/aromatic N) is 1. The summed E-state index contributed by atoms with van der Waals surface area (Å²) < 4.78 is 13.7. The second-order valence-electron chi connectivity index (χ2n) is 5.64. The van der Waals surface area contributed by atoms with E-state index in [1.54, 1.807) is 26.8 Å². The lowest BCUT2D eigenvalue weighted by molar-refractivity contribution is -0.134. The Morgan fingerprint density at radius 2 is 1.96 bits per heavy atom. The Morgan fingerprint density at radius 1 is 1.30 bits per heavy atom. The minimum Gasteiger partial charge on any atom is -0.323 e. The van der Waals surface area contributed by atoms with Crippen molar-refractivity contribution >= 4 is 23.5 Å². The van der Waals surface area contributed by atoms with E-state index in [-0.39, 0.29) is 5.69 Å². The van der Waals surface area contributed by atoms with E-state index < -0.39 is 35.7 Å². The maximum absolute atomic E-state index is 13.7. The molecule has 1 fully saturated rings. The van der Waals surface area contributed by atoms with Crippen LogP contribution in [0.1, 0.15) is 32.3 Å². The zero-order valence-corrected chi connectivity index (χ0v) is 13.4. The molecule has 1 aliphatic heterocycles. The van der Waals surface area contributed by atoms with E-state index in [4.69, 9.17) is 0 Å². The lowest BCUT2D eigenvalue weighted by Gasteiger charge is -2.23. The third-order valence-corrected chi connectivity index (χ3v) is 4.15. The van der Waals surface area contributed by atoms with Crippen molar-refractivity contribution in [2.45, 2.75) is 39.2 Å². The van der Waals surface area contributed by atoms with Gasteiger partial charge >= 0.3 is 6.03 Å². The van der Waals surface area contributed by atoms with Crippen LogP contribution in [0.15, 0.2) is 18.2 Å². The molecule has 23 heavy (non-hydrogen) atoms. The molecule has 1 heterocycles. The number of carbonyl (C=O) groups excluding carboxylic acids is 3. The van der Waals surface area contributed by atoms with Crippen molar-refractivity contribution in [2.24, 2.45) is 0 Å². The van der Waals surface area contributed by atoms with Crippen molar-refractivity contribution in [1.29, 1.82) is 0 Å². The molecule has 0 atom stereocenters. The van der Waals surface area contributed by atoms with Crippen LogP contribution in [-0.4, -0.2) is 34.8 Å². The SMILES string of the molecule is CCC1(CC)NC(=O)N(CC(=O)Nc2ccc(C)cc2F)C1=O. The molecule has 0 saturated carbocycles. The van der Waals surface area contributed by atoms with Gasteiger partial charge in [-0.15, -0.1) is 0 Å². The highest BCUT2D eigenvalue weighted by Crippen LogP contribution is 2.24. The second-order valence-corrected chi connectivity index (χ2v) is 5.64. The Balaban J connectivity index is 2.08. The summed E-state index contributed by atoms with van der Waals surface area (Å²) in [6, 6.07) is 3.79. The Hall–Kier alpha value is -2.44. The van der Waals surface area contributed by atoms with Crippen molar-refractivity contribution < 1.29 is 18.8 Å². The number of aryl methyl sites for hydroxylation is 1. The second kappa shape index (κ2) is 6.36. The Kier molecular flexibility index (Phi) is 4.68. The molecule has 4 amide bonds. The van der Waals surface area contributed by atoms with Gasteiger partial charge in [0.15, 0.2) is 0 Å². The first-order valence-corrected chi connectivity index (χ1v) is 7.53. The van der Waals surface area contributed by atoms with E-state index in [2.05, 4.69) is 10.6 Å². The Bertz CT molecular complexity index is 656. The fourth-order valence-electron chi connectivity index (χ4n) is 2.60. The van der Waals surface area contributed by atoms with Crippen LogP contribution >= 0.6 is 0 Å². The van der Waals surface area contributed by atoms with Gasteiger partial charge in [-0.3, -0.25) is 14.5 Å². The van der Waals surface area contributed by atoms with E-state index in [1.807, 2.05) is 0 Å². The molecule has 0 aliphatic carbocycles. The van der Waals surface area contributed by atoms with Crippen LogP contribution in [-0.2, 0) is 9.59 Å². The number of hydrogen-bond acceptors (Lipinski definition) is 3. The van der Waals surface area contributed by atoms with Crippen LogP contribution in [0.5, 0.6) is 0 Å². The fraction of sp³-hybridized carbons (Fsp3) is 0.438. The number of urea groups is 1. The van der Waals surface area contributed by atoms with E-state index in [1.165, 1.54) is 12.1 Å². The molecule has 1 aromatic carbocycles. The molecule has 2 rings (SSSR count). The van der Waals surface area contributed by atoms with E-state index in [9.17, 15) is 18.8 Å². The highest BCUT2D eigenvalue weighted by molar-refractivity contribution is 6.10. The topological polar surface area (TPSA) is 78.5 Å². The van der Waals surface area contributed by atoms with Gasteiger partial charge in [0.05, 0.1) is 5.69 Å². The molecule has 7 heteroatoms. The highest BCUT2D eigenvalue weighted by atomic mass is 19.1. The molecule has 0 radical (unpaired) electrons. The van der Waals surface area contributed by atoms with Gasteiger partial charge in [-0.25, -0.2) is 9.18 Å². The lowest BCUT2D eigenvalue weighted by atomic mass is 9.93. The smallest absolute Gasteiger partial charge is 0.323 e. The number of nitrogens with one attached hydrogen (secondary N) is 2. The van der Waals surface area contributed by atoms with Gasteiger partial charge in [0.1, 0.15) is 17.9 Å². The number of hydrogen-bond donors (Lipinski definition) is 2. The van der Waals surface area contributed by atoms with Crippen LogP contribution in [0.25, 0.3) is 0 Å². The van der Waals surface area contributed by atoms with Crippen LogP contribution in [0.3, 0.4) is 0 Å². The van der Waals surface area contributed by atoms with Gasteiger partial charge in [-0.2, -0.15) is 0 Å². The molecule has 2 N–H and O–H groups in total. The van der Waals surface area contributed by atoms with Crippen LogP contribution in [0, 0.1) is 12.7 Å². The average molecular weight is 321 g/mol. The number of imide groups is 1. The summed E-state index contributed by atoms with van der Waals surface area (Å²) in [4.78, 5) is 37.2. The molecular formula is C16H20FN3O3. The van der Waals surface area contributed by atoms with Gasteiger partial charge in [0, 0.05) is 0 Å². The maximum atomic E-state index is 13.7. The van der Waals surface area contributed by atoms with E-state index in [0.29, 0.717) is 12.8 Å². The number of benzene rings is 1. The monoisotopic (exact) mass is 321 g/mol. The summed E-state index contributed by atoms with van der Waals surface area (Å²) in [6.45, 7) is 4.89. The first-order chi connectivity index (χ1) is 10.8. The lowest BCUT2D eigenvalue weighted by Crippen LogP contribution is -2.46. The number of carbonyl (C=O) groups is 3. The third-order valence-electron chi connectivity index (χ3n) is 4.15. The molecule has 0 spiro atoms. The zero-order valence-electron chi connectivity index (χ0n) is 13.4. The first-order valence-electron chi connectivity index (χ1n) is 7.53. The summed E-state index contributed by atoms with van der Waals surface area (Å²) in [5.41, 5.74) is -0.206. The number of amides is 4. The third kappa shape index (κ3) is 3.18. The number of rotatable bonds is 5. The fourth-order valence-corrected chi connectivity index (χ4v) is 2.60. The van der Waals surface area contributed by atoms with Gasteiger partial charge < -0.3 is 10.6 Å². The quantitative estimate of drug-likeness (QED) is 0.816. The van der Waals surface area contributed by atoms with Crippen molar-refractivity contribution in [1.82, 2.24) is 10.2 Å². The van der Waals surface area contributed by atoms with Gasteiger partial charge in [-0.1, -0.05) is 19.9 Å². The molecule has 1 aromatic rings. The highest BCUT2D eigenvalue weighted by Gasteiger charge is 2.49. The molecule has 0 bridgehead atoms. The van der Waals surface area contributed by atoms with Gasteiger partial charge in [0.25, 0.3) is 5.91 Å². The minimum absolute atomic E-state index is 0.0184. The van der Waals surface area contributed by atoms with Gasteiger partial charge in [0.2, 0.25) is 5.91 Å². The summed E-state index contributed by atoms with van der Waals surface area (Å²) in [7, 11) is 0. The number of anilines is 1. The molecule has 1 saturated heterocycles. The summed E-state index contributed by atoms with van der Waals surface area (Å²) >= 11 is 0. The van der Waals surface area contributed by atoms with Crippen LogP contribution < -0.4 is 10.6 Å². The van der Waals surface area contributed by atoms with E-state index >= 15 is 0 Å². The molecule has 6 nitrogen and oxygen atoms in total. The minimum atomic E-state index is -0.952. The molecule has 124 valence electrons. The predicted octanol–water partition coefficient (Wildman–Crippen LogP) is 2.18. The molecule has 0 aromatic heterocycles. The first kappa shape index (κ1) is 16.9. The Labute approximate surface area is 134 Å². The van der Waals surface area contributed by atoms with Crippen LogP contribution in [0.4, 0.5) is 14.9 Å². The van der Waals surface area contributed by atoms with Crippen molar-refractivity contribution in [2.75, 3.05) is 11.9 Å². The van der Waals surface area contributed by atoms with Crippen molar-refractivity contribution in [3.8, 4) is 0 Å². The zero-order chi connectivity index (χ0) is 17.2. The summed E-state index contributed by atoms with van der Waals surface area (Å²) in [5, 5.41) is 5.02. The van der Waals surface area contributed by atoms with Crippen molar-refractivity contribution in [3.63, 3.8) is 0 Å². The standard InChI is InChI=1S/C16H20FN3O3/c1-4-16(5-2)14(22)20(15(23)19-16)9-13(21)18-12-7-6-10(3)8-11(12)17/h6-8H,4-5,9H2,1-3H3,(H,18,21)(H,19,23). The number of halogens is 1.